The maximum atomic E-state index is 12.4. The predicted octanol–water partition coefficient (Wildman–Crippen LogP) is 4.12. The van der Waals surface area contributed by atoms with E-state index in [4.69, 9.17) is 9.47 Å². The number of ether oxygens (including phenoxy) is 2. The molecule has 0 amide bonds. The van der Waals surface area contributed by atoms with Gasteiger partial charge in [-0.1, -0.05) is 18.2 Å². The quantitative estimate of drug-likeness (QED) is 0.769. The van der Waals surface area contributed by atoms with Crippen LogP contribution in [0.4, 0.5) is 0 Å². The Hall–Kier alpha value is -2.07. The van der Waals surface area contributed by atoms with Crippen LogP contribution < -0.4 is 9.47 Å². The van der Waals surface area contributed by atoms with E-state index < -0.39 is 0 Å². The van der Waals surface area contributed by atoms with Crippen molar-refractivity contribution in [2.75, 3.05) is 13.7 Å². The minimum Gasteiger partial charge on any atom is -0.496 e. The smallest absolute Gasteiger partial charge is 0.196 e. The summed E-state index contributed by atoms with van der Waals surface area (Å²) in [5, 5.41) is 0. The fourth-order valence-corrected chi connectivity index (χ4v) is 2.81. The average Bonchev–Trinajstić information content (AvgIpc) is 2.51. The third-order valence-electron chi connectivity index (χ3n) is 3.32. The Morgan fingerprint density at radius 1 is 1.24 bits per heavy atom. The molecule has 0 aromatic heterocycles. The van der Waals surface area contributed by atoms with Crippen molar-refractivity contribution in [1.29, 1.82) is 0 Å². The van der Waals surface area contributed by atoms with Gasteiger partial charge in [0.1, 0.15) is 18.1 Å². The first-order valence-electron chi connectivity index (χ1n) is 6.49. The Kier molecular flexibility index (Phi) is 3.80. The van der Waals surface area contributed by atoms with Crippen LogP contribution >= 0.6 is 15.9 Å². The zero-order valence-corrected chi connectivity index (χ0v) is 13.0. The van der Waals surface area contributed by atoms with Gasteiger partial charge in [0.25, 0.3) is 0 Å². The molecule has 1 aliphatic rings. The third kappa shape index (κ3) is 2.72. The first kappa shape index (κ1) is 13.9. The van der Waals surface area contributed by atoms with E-state index in [0.29, 0.717) is 23.5 Å². The number of methoxy groups -OCH3 is 1. The summed E-state index contributed by atoms with van der Waals surface area (Å²) >= 11 is 3.44. The number of carbonyl (C=O) groups excluding carboxylic acids is 1. The summed E-state index contributed by atoms with van der Waals surface area (Å²) in [6, 6.07) is 13.0. The number of ketones is 1. The molecule has 0 unspecified atom stereocenters. The van der Waals surface area contributed by atoms with Crippen molar-refractivity contribution >= 4 is 27.8 Å². The lowest BCUT2D eigenvalue weighted by Gasteiger charge is -2.18. The van der Waals surface area contributed by atoms with Crippen molar-refractivity contribution in [3.05, 3.63) is 63.6 Å². The number of hydrogen-bond acceptors (Lipinski definition) is 3. The van der Waals surface area contributed by atoms with Crippen molar-refractivity contribution in [1.82, 2.24) is 0 Å². The first-order chi connectivity index (χ1) is 10.2. The number of hydrogen-bond donors (Lipinski definition) is 0. The Labute approximate surface area is 131 Å². The predicted molar refractivity (Wildman–Crippen MR) is 84.9 cm³/mol. The van der Waals surface area contributed by atoms with Crippen LogP contribution in [0.2, 0.25) is 0 Å². The molecule has 0 spiro atoms. The highest BCUT2D eigenvalue weighted by atomic mass is 79.9. The van der Waals surface area contributed by atoms with Crippen LogP contribution in [0.5, 0.6) is 11.5 Å². The summed E-state index contributed by atoms with van der Waals surface area (Å²) in [6.45, 7) is 0.291. The van der Waals surface area contributed by atoms with E-state index in [1.807, 2.05) is 42.5 Å². The van der Waals surface area contributed by atoms with Crippen molar-refractivity contribution in [2.45, 2.75) is 0 Å². The zero-order valence-electron chi connectivity index (χ0n) is 11.4. The molecular formula is C17H13BrO3. The minimum atomic E-state index is 0.0174. The highest BCUT2D eigenvalue weighted by Gasteiger charge is 2.22. The molecule has 3 rings (SSSR count). The van der Waals surface area contributed by atoms with E-state index in [1.165, 1.54) is 0 Å². The van der Waals surface area contributed by atoms with Crippen molar-refractivity contribution in [3.8, 4) is 11.5 Å². The van der Waals surface area contributed by atoms with Gasteiger partial charge in [-0.2, -0.15) is 0 Å². The van der Waals surface area contributed by atoms with Crippen LogP contribution in [0.15, 0.2) is 52.5 Å². The van der Waals surface area contributed by atoms with Crippen molar-refractivity contribution in [3.63, 3.8) is 0 Å². The summed E-state index contributed by atoms with van der Waals surface area (Å²) in [7, 11) is 1.62. The summed E-state index contributed by atoms with van der Waals surface area (Å²) in [6.07, 6.45) is 1.85. The Bertz CT molecular complexity index is 735. The Balaban J connectivity index is 1.95. The number of fused-ring (bicyclic) bond motifs is 1. The molecule has 1 aliphatic heterocycles. The summed E-state index contributed by atoms with van der Waals surface area (Å²) in [5.41, 5.74) is 2.18. The van der Waals surface area contributed by atoms with Crippen LogP contribution in [-0.2, 0) is 0 Å². The second-order valence-electron chi connectivity index (χ2n) is 4.68. The SMILES string of the molecule is COc1ccc(C=C2COc3ccccc3C2=O)cc1Br. The largest absolute Gasteiger partial charge is 0.496 e. The van der Waals surface area contributed by atoms with Crippen molar-refractivity contribution < 1.29 is 14.3 Å². The van der Waals surface area contributed by atoms with Gasteiger partial charge in [0.05, 0.1) is 17.1 Å². The minimum absolute atomic E-state index is 0.0174. The van der Waals surface area contributed by atoms with Gasteiger partial charge in [-0.05, 0) is 51.8 Å². The summed E-state index contributed by atoms with van der Waals surface area (Å²) in [4.78, 5) is 12.4. The van der Waals surface area contributed by atoms with Crippen LogP contribution in [-0.4, -0.2) is 19.5 Å². The zero-order chi connectivity index (χ0) is 14.8. The number of carbonyl (C=O) groups is 1. The molecular weight excluding hydrogens is 332 g/mol. The normalized spacial score (nSPS) is 15.5. The molecule has 0 saturated carbocycles. The molecule has 106 valence electrons. The van der Waals surface area contributed by atoms with E-state index in [-0.39, 0.29) is 5.78 Å². The average molecular weight is 345 g/mol. The lowest BCUT2D eigenvalue weighted by Crippen LogP contribution is -2.18. The number of rotatable bonds is 2. The second kappa shape index (κ2) is 5.74. The van der Waals surface area contributed by atoms with Gasteiger partial charge in [-0.3, -0.25) is 4.79 Å². The Morgan fingerprint density at radius 3 is 2.81 bits per heavy atom. The first-order valence-corrected chi connectivity index (χ1v) is 7.29. The van der Waals surface area contributed by atoms with Crippen LogP contribution in [0, 0.1) is 0 Å². The number of Topliss-reactive ketones (excluding diaryl/α,β-unsaturated/α-hetero) is 1. The monoisotopic (exact) mass is 344 g/mol. The summed E-state index contributed by atoms with van der Waals surface area (Å²) < 4.78 is 11.7. The second-order valence-corrected chi connectivity index (χ2v) is 5.53. The molecule has 2 aromatic carbocycles. The van der Waals surface area contributed by atoms with Gasteiger partial charge in [-0.15, -0.1) is 0 Å². The van der Waals surface area contributed by atoms with Crippen LogP contribution in [0.1, 0.15) is 15.9 Å². The highest BCUT2D eigenvalue weighted by molar-refractivity contribution is 9.10. The van der Waals surface area contributed by atoms with E-state index in [0.717, 1.165) is 15.8 Å². The summed E-state index contributed by atoms with van der Waals surface area (Å²) in [5.74, 6) is 1.42. The molecule has 0 bridgehead atoms. The van der Waals surface area contributed by atoms with E-state index in [2.05, 4.69) is 15.9 Å². The van der Waals surface area contributed by atoms with Gasteiger partial charge in [0.2, 0.25) is 0 Å². The molecule has 1 heterocycles. The molecule has 3 nitrogen and oxygen atoms in total. The van der Waals surface area contributed by atoms with Crippen molar-refractivity contribution in [2.24, 2.45) is 0 Å². The molecule has 21 heavy (non-hydrogen) atoms. The van der Waals surface area contributed by atoms with E-state index in [9.17, 15) is 4.79 Å². The Morgan fingerprint density at radius 2 is 2.05 bits per heavy atom. The fourth-order valence-electron chi connectivity index (χ4n) is 2.25. The molecule has 2 aromatic rings. The van der Waals surface area contributed by atoms with Gasteiger partial charge < -0.3 is 9.47 Å². The van der Waals surface area contributed by atoms with Gasteiger partial charge in [0, 0.05) is 5.57 Å². The molecule has 4 heteroatoms. The van der Waals surface area contributed by atoms with Gasteiger partial charge in [-0.25, -0.2) is 0 Å². The van der Waals surface area contributed by atoms with Gasteiger partial charge in [0.15, 0.2) is 5.78 Å². The standard InChI is InChI=1S/C17H13BrO3/c1-20-16-7-6-11(9-14(16)18)8-12-10-21-15-5-3-2-4-13(15)17(12)19/h2-9H,10H2,1H3. The lowest BCUT2D eigenvalue weighted by molar-refractivity contribution is 0.100. The molecule has 0 N–H and O–H groups in total. The highest BCUT2D eigenvalue weighted by Crippen LogP contribution is 2.30. The van der Waals surface area contributed by atoms with E-state index >= 15 is 0 Å². The molecule has 0 atom stereocenters. The lowest BCUT2D eigenvalue weighted by atomic mass is 9.98. The molecule has 0 radical (unpaired) electrons. The third-order valence-corrected chi connectivity index (χ3v) is 3.94. The van der Waals surface area contributed by atoms with Gasteiger partial charge >= 0.3 is 0 Å². The maximum absolute atomic E-state index is 12.4. The van der Waals surface area contributed by atoms with E-state index in [1.54, 1.807) is 13.2 Å². The fraction of sp³-hybridized carbons (Fsp3) is 0.118. The van der Waals surface area contributed by atoms with Crippen LogP contribution in [0.3, 0.4) is 0 Å². The number of halogens is 1. The number of para-hydroxylation sites is 1. The molecule has 0 aliphatic carbocycles. The molecule has 0 saturated heterocycles. The molecule has 0 fully saturated rings. The maximum Gasteiger partial charge on any atom is 0.196 e. The topological polar surface area (TPSA) is 35.5 Å². The number of benzene rings is 2. The van der Waals surface area contributed by atoms with Crippen LogP contribution in [0.25, 0.3) is 6.08 Å².